The Labute approximate surface area is 137 Å². The third kappa shape index (κ3) is 3.60. The molecule has 0 amide bonds. The Kier molecular flexibility index (Phi) is 4.30. The maximum atomic E-state index is 13.6. The van der Waals surface area contributed by atoms with E-state index in [1.807, 2.05) is 0 Å². The van der Waals surface area contributed by atoms with Crippen LogP contribution in [0.1, 0.15) is 5.56 Å². The first-order valence-corrected chi connectivity index (χ1v) is 8.46. The normalized spacial score (nSPS) is 11.4. The first-order valence-electron chi connectivity index (χ1n) is 6.98. The Morgan fingerprint density at radius 2 is 1.75 bits per heavy atom. The third-order valence-corrected chi connectivity index (χ3v) is 4.70. The number of halogens is 2. The molecule has 0 atom stereocenters. The van der Waals surface area contributed by atoms with E-state index in [1.54, 1.807) is 18.2 Å². The molecule has 3 rings (SSSR count). The molecule has 0 aliphatic heterocycles. The molecular weight excluding hydrogens is 336 g/mol. The summed E-state index contributed by atoms with van der Waals surface area (Å²) in [6.45, 7) is 0.172. The van der Waals surface area contributed by atoms with Crippen molar-refractivity contribution in [3.8, 4) is 0 Å². The zero-order valence-electron chi connectivity index (χ0n) is 12.4. The van der Waals surface area contributed by atoms with E-state index in [9.17, 15) is 17.2 Å². The lowest BCUT2D eigenvalue weighted by molar-refractivity contribution is 0.585. The summed E-state index contributed by atoms with van der Waals surface area (Å²) < 4.78 is 54.7. The fourth-order valence-electron chi connectivity index (χ4n) is 2.13. The van der Waals surface area contributed by atoms with Gasteiger partial charge in [-0.25, -0.2) is 17.2 Å². The van der Waals surface area contributed by atoms with Gasteiger partial charge in [0.05, 0.1) is 23.3 Å². The van der Waals surface area contributed by atoms with E-state index in [1.165, 1.54) is 35.3 Å². The van der Waals surface area contributed by atoms with Gasteiger partial charge in [0.15, 0.2) is 0 Å². The highest BCUT2D eigenvalue weighted by Gasteiger charge is 2.15. The van der Waals surface area contributed by atoms with Crippen LogP contribution in [-0.2, 0) is 16.6 Å². The summed E-state index contributed by atoms with van der Waals surface area (Å²) in [4.78, 5) is -0.0641. The second-order valence-electron chi connectivity index (χ2n) is 5.08. The van der Waals surface area contributed by atoms with E-state index < -0.39 is 15.8 Å². The molecule has 3 aromatic rings. The van der Waals surface area contributed by atoms with Crippen LogP contribution in [0.3, 0.4) is 0 Å². The van der Waals surface area contributed by atoms with Crippen molar-refractivity contribution in [3.05, 3.63) is 78.1 Å². The van der Waals surface area contributed by atoms with Crippen molar-refractivity contribution >= 4 is 15.7 Å². The molecule has 0 aliphatic carbocycles. The second-order valence-corrected chi connectivity index (χ2v) is 6.76. The van der Waals surface area contributed by atoms with Crippen LogP contribution in [0.2, 0.25) is 0 Å². The van der Waals surface area contributed by atoms with Crippen LogP contribution in [-0.4, -0.2) is 18.2 Å². The maximum absolute atomic E-state index is 13.6. The number of anilines is 1. The van der Waals surface area contributed by atoms with Crippen molar-refractivity contribution in [2.75, 3.05) is 4.72 Å². The van der Waals surface area contributed by atoms with Gasteiger partial charge in [0.1, 0.15) is 11.6 Å². The number of rotatable bonds is 5. The highest BCUT2D eigenvalue weighted by atomic mass is 32.2. The fourth-order valence-corrected chi connectivity index (χ4v) is 3.16. The molecule has 1 aromatic heterocycles. The van der Waals surface area contributed by atoms with E-state index >= 15 is 0 Å². The van der Waals surface area contributed by atoms with Crippen molar-refractivity contribution in [1.82, 2.24) is 9.78 Å². The summed E-state index contributed by atoms with van der Waals surface area (Å²) in [5, 5.41) is 4.01. The minimum Gasteiger partial charge on any atom is -0.276 e. The van der Waals surface area contributed by atoms with Crippen molar-refractivity contribution in [1.29, 1.82) is 0 Å². The Bertz CT molecular complexity index is 953. The molecule has 24 heavy (non-hydrogen) atoms. The number of nitrogens with one attached hydrogen (secondary N) is 1. The van der Waals surface area contributed by atoms with Gasteiger partial charge in [-0.05, 0) is 30.3 Å². The minimum absolute atomic E-state index is 0.0641. The van der Waals surface area contributed by atoms with E-state index in [2.05, 4.69) is 9.82 Å². The smallest absolute Gasteiger partial charge is 0.261 e. The van der Waals surface area contributed by atoms with Crippen LogP contribution in [0.25, 0.3) is 0 Å². The molecule has 0 radical (unpaired) electrons. The monoisotopic (exact) mass is 349 g/mol. The van der Waals surface area contributed by atoms with Crippen LogP contribution in [0.15, 0.2) is 65.8 Å². The summed E-state index contributed by atoms with van der Waals surface area (Å²) in [5.74, 6) is -0.881. The maximum Gasteiger partial charge on any atom is 0.261 e. The quantitative estimate of drug-likeness (QED) is 0.770. The Balaban J connectivity index is 1.76. The van der Waals surface area contributed by atoms with Crippen LogP contribution >= 0.6 is 0 Å². The highest BCUT2D eigenvalue weighted by molar-refractivity contribution is 7.92. The number of nitrogens with zero attached hydrogens (tertiary/aromatic N) is 2. The molecule has 8 heteroatoms. The lowest BCUT2D eigenvalue weighted by Gasteiger charge is -2.06. The summed E-state index contributed by atoms with van der Waals surface area (Å²) in [6.07, 6.45) is 2.77. The molecule has 5 nitrogen and oxygen atoms in total. The Hall–Kier alpha value is -2.74. The van der Waals surface area contributed by atoms with Crippen molar-refractivity contribution in [2.24, 2.45) is 0 Å². The van der Waals surface area contributed by atoms with Crippen LogP contribution < -0.4 is 4.72 Å². The van der Waals surface area contributed by atoms with E-state index in [-0.39, 0.29) is 22.9 Å². The number of hydrogen-bond acceptors (Lipinski definition) is 3. The standard InChI is InChI=1S/C16H13F2N3O2S/c17-13-5-7-15(8-6-13)24(22,23)20-14-9-19-21(11-14)10-12-3-1-2-4-16(12)18/h1-9,11,20H,10H2. The molecule has 0 spiro atoms. The van der Waals surface area contributed by atoms with Gasteiger partial charge in [-0.2, -0.15) is 5.10 Å². The van der Waals surface area contributed by atoms with Gasteiger partial charge >= 0.3 is 0 Å². The zero-order chi connectivity index (χ0) is 17.2. The molecule has 0 unspecified atom stereocenters. The molecule has 124 valence electrons. The lowest BCUT2D eigenvalue weighted by Crippen LogP contribution is -2.12. The van der Waals surface area contributed by atoms with E-state index in [0.29, 0.717) is 5.56 Å². The Morgan fingerprint density at radius 1 is 1.04 bits per heavy atom. The number of sulfonamides is 1. The SMILES string of the molecule is O=S(=O)(Nc1cnn(Cc2ccccc2F)c1)c1ccc(F)cc1. The Morgan fingerprint density at radius 3 is 2.46 bits per heavy atom. The number of benzene rings is 2. The second kappa shape index (κ2) is 6.40. The number of hydrogen-bond donors (Lipinski definition) is 1. The van der Waals surface area contributed by atoms with Gasteiger partial charge in [0.2, 0.25) is 0 Å². The van der Waals surface area contributed by atoms with E-state index in [4.69, 9.17) is 0 Å². The number of aromatic nitrogens is 2. The predicted octanol–water partition coefficient (Wildman–Crippen LogP) is 3.01. The largest absolute Gasteiger partial charge is 0.276 e. The molecular formula is C16H13F2N3O2S. The molecule has 0 fully saturated rings. The van der Waals surface area contributed by atoms with Gasteiger partial charge in [-0.3, -0.25) is 9.40 Å². The van der Waals surface area contributed by atoms with Gasteiger partial charge < -0.3 is 0 Å². The first kappa shape index (κ1) is 16.1. The molecule has 1 N–H and O–H groups in total. The van der Waals surface area contributed by atoms with Crippen LogP contribution in [0.4, 0.5) is 14.5 Å². The molecule has 1 heterocycles. The molecule has 0 saturated heterocycles. The first-order chi connectivity index (χ1) is 11.4. The summed E-state index contributed by atoms with van der Waals surface area (Å²) >= 11 is 0. The third-order valence-electron chi connectivity index (χ3n) is 3.30. The van der Waals surface area contributed by atoms with Crippen molar-refractivity contribution in [3.63, 3.8) is 0 Å². The van der Waals surface area contributed by atoms with Gasteiger partial charge in [-0.1, -0.05) is 18.2 Å². The molecule has 0 bridgehead atoms. The summed E-state index contributed by atoms with van der Waals surface area (Å²) in [5.41, 5.74) is 0.671. The van der Waals surface area contributed by atoms with E-state index in [0.717, 1.165) is 12.1 Å². The molecule has 0 saturated carbocycles. The van der Waals surface area contributed by atoms with Gasteiger partial charge in [0, 0.05) is 11.8 Å². The molecule has 2 aromatic carbocycles. The van der Waals surface area contributed by atoms with Gasteiger partial charge in [0.25, 0.3) is 10.0 Å². The van der Waals surface area contributed by atoms with Crippen molar-refractivity contribution in [2.45, 2.75) is 11.4 Å². The zero-order valence-corrected chi connectivity index (χ0v) is 13.2. The summed E-state index contributed by atoms with van der Waals surface area (Å²) in [7, 11) is -3.84. The van der Waals surface area contributed by atoms with Crippen molar-refractivity contribution < 1.29 is 17.2 Å². The van der Waals surface area contributed by atoms with Crippen LogP contribution in [0, 0.1) is 11.6 Å². The van der Waals surface area contributed by atoms with Gasteiger partial charge in [-0.15, -0.1) is 0 Å². The summed E-state index contributed by atoms with van der Waals surface area (Å²) in [6, 6.07) is 10.7. The predicted molar refractivity (Wildman–Crippen MR) is 84.9 cm³/mol. The average Bonchev–Trinajstić information content (AvgIpc) is 2.96. The highest BCUT2D eigenvalue weighted by Crippen LogP contribution is 2.16. The fraction of sp³-hybridized carbons (Fsp3) is 0.0625. The average molecular weight is 349 g/mol. The minimum atomic E-state index is -3.84. The lowest BCUT2D eigenvalue weighted by atomic mass is 10.2. The topological polar surface area (TPSA) is 64.0 Å². The van der Waals surface area contributed by atoms with Crippen LogP contribution in [0.5, 0.6) is 0 Å². The molecule has 0 aliphatic rings.